The van der Waals surface area contributed by atoms with Gasteiger partial charge in [0.05, 0.1) is 21.1 Å². The Kier molecular flexibility index (Phi) is 19.6. The molecule has 0 spiro atoms. The molecular weight excluding hydrogens is 1050 g/mol. The Morgan fingerprint density at radius 3 is 0.854 bits per heavy atom. The summed E-state index contributed by atoms with van der Waals surface area (Å²) in [5, 5.41) is 86.7. The van der Waals surface area contributed by atoms with Crippen LogP contribution in [0.2, 0.25) is 0 Å². The molecule has 2 heterocycles. The average molecular weight is 1100 g/mol. The summed E-state index contributed by atoms with van der Waals surface area (Å²) in [5.74, 6) is 0. The second kappa shape index (κ2) is 28.1. The molecule has 0 atom stereocenters. The first-order chi connectivity index (χ1) is 40.3. The lowest BCUT2D eigenvalue weighted by molar-refractivity contribution is 0.708. The van der Waals surface area contributed by atoms with Crippen molar-refractivity contribution in [3.63, 3.8) is 0 Å². The summed E-state index contributed by atoms with van der Waals surface area (Å²) in [5.41, 5.74) is 5.96. The molecule has 0 radical (unpaired) electrons. The van der Waals surface area contributed by atoms with Crippen LogP contribution in [0.1, 0.15) is 84.6 Å². The van der Waals surface area contributed by atoms with Crippen LogP contribution < -0.4 is 9.80 Å². The Labute approximate surface area is 486 Å². The van der Waals surface area contributed by atoms with E-state index in [4.69, 9.17) is 9.97 Å². The molecule has 6 aromatic carbocycles. The summed E-state index contributed by atoms with van der Waals surface area (Å²) in [4.78, 5) is 15.3. The van der Waals surface area contributed by atoms with Crippen molar-refractivity contribution in [3.05, 3.63) is 224 Å². The maximum atomic E-state index is 10.8. The van der Waals surface area contributed by atoms with E-state index in [-0.39, 0.29) is 44.6 Å². The third-order valence-electron chi connectivity index (χ3n) is 13.3. The zero-order valence-electron chi connectivity index (χ0n) is 45.0. The molecule has 0 aliphatic rings. The van der Waals surface area contributed by atoms with Crippen molar-refractivity contribution in [2.75, 3.05) is 9.80 Å². The first kappa shape index (κ1) is 57.2. The van der Waals surface area contributed by atoms with Gasteiger partial charge in [-0.05, 0) is 110 Å². The van der Waals surface area contributed by atoms with Gasteiger partial charge in [-0.1, -0.05) is 137 Å². The lowest BCUT2D eigenvalue weighted by Gasteiger charge is -2.25. The number of hydrogen-bond acceptors (Lipinski definition) is 14. The summed E-state index contributed by atoms with van der Waals surface area (Å²) < 4.78 is 0. The maximum absolute atomic E-state index is 10.8. The smallest absolute Gasteiger partial charge is 0.153 e. The van der Waals surface area contributed by atoms with Gasteiger partial charge in [0.15, 0.2) is 10.0 Å². The number of unbranched alkanes of at least 4 members (excludes halogenated alkanes) is 4. The Bertz CT molecular complexity index is 3670. The summed E-state index contributed by atoms with van der Waals surface area (Å²) >= 11 is 2.31. The number of nitrogens with zero attached hydrogens (tertiary/aromatic N) is 12. The Morgan fingerprint density at radius 2 is 0.598 bits per heavy atom. The van der Waals surface area contributed by atoms with Gasteiger partial charge in [-0.25, -0.2) is 9.97 Å². The standard InChI is InChI=1S/C68H50N12S2/c1-3-5-11-29-59-65(63(51(43-73)44-74)61(49(39-69)40-70)47-31-35-57(36-32-47)79(53-21-13-7-14-22-53)54-23-15-8-16-24-54)81-67(77-59)68-78-60(30-12-6-4-2)66(82-68)64(52(45-75)46-76)62(50(41-71)42-72)48-33-37-58(38-34-48)80(55-25-17-9-18-26-55)56-27-19-10-20-28-56/h7-10,13-28,31-38H,3-6,11-12,29-30H2,1-2H3. The molecule has 0 amide bonds. The van der Waals surface area contributed by atoms with Crippen LogP contribution >= 0.6 is 22.7 Å². The monoisotopic (exact) mass is 1100 g/mol. The summed E-state index contributed by atoms with van der Waals surface area (Å²) in [6, 6.07) is 70.3. The topological polar surface area (TPSA) is 223 Å². The van der Waals surface area contributed by atoms with Crippen molar-refractivity contribution in [1.29, 1.82) is 42.1 Å². The van der Waals surface area contributed by atoms with Gasteiger partial charge in [0.25, 0.3) is 0 Å². The largest absolute Gasteiger partial charge is 0.311 e. The lowest BCUT2D eigenvalue weighted by atomic mass is 9.88. The molecular formula is C68H50N12S2. The highest BCUT2D eigenvalue weighted by atomic mass is 32.1. The first-order valence-corrected chi connectivity index (χ1v) is 28.1. The lowest BCUT2D eigenvalue weighted by Crippen LogP contribution is -2.09. The molecule has 0 N–H and O–H groups in total. The predicted molar refractivity (Wildman–Crippen MR) is 325 cm³/mol. The molecule has 14 heteroatoms. The minimum absolute atomic E-state index is 0.0743. The molecule has 0 unspecified atom stereocenters. The number of aryl methyl sites for hydroxylation is 2. The number of nitriles is 8. The third kappa shape index (κ3) is 12.6. The number of benzene rings is 6. The number of thiazole rings is 2. The molecule has 8 rings (SSSR count). The van der Waals surface area contributed by atoms with Crippen LogP contribution in [0.5, 0.6) is 0 Å². The molecule has 8 aromatic rings. The van der Waals surface area contributed by atoms with Crippen LogP contribution in [0.3, 0.4) is 0 Å². The number of aromatic nitrogens is 2. The van der Waals surface area contributed by atoms with Gasteiger partial charge < -0.3 is 9.80 Å². The fourth-order valence-corrected chi connectivity index (χ4v) is 11.9. The van der Waals surface area contributed by atoms with Gasteiger partial charge in [-0.15, -0.1) is 22.7 Å². The zero-order valence-corrected chi connectivity index (χ0v) is 46.6. The van der Waals surface area contributed by atoms with Gasteiger partial charge >= 0.3 is 0 Å². The number of rotatable bonds is 21. The molecule has 0 saturated carbocycles. The molecule has 0 fully saturated rings. The van der Waals surface area contributed by atoms with Crippen molar-refractivity contribution in [1.82, 2.24) is 9.97 Å². The minimum atomic E-state index is -0.334. The highest BCUT2D eigenvalue weighted by molar-refractivity contribution is 7.22. The summed E-state index contributed by atoms with van der Waals surface area (Å²) in [6.45, 7) is 4.14. The SMILES string of the molecule is CCCCCc1nc(-c2nc(CCCCC)c(C(=C(C#N)C#N)C(=C(C#N)C#N)c3ccc(N(c4ccccc4)c4ccccc4)cc3)s2)sc1C(=C(C#N)C#N)C(=C(C#N)C#N)c1ccc(N(c2ccccc2)c2ccccc2)cc1. The van der Waals surface area contributed by atoms with E-state index in [1.807, 2.05) is 146 Å². The van der Waals surface area contributed by atoms with Gasteiger partial charge in [0.1, 0.15) is 70.8 Å². The maximum Gasteiger partial charge on any atom is 0.153 e. The average Bonchev–Trinajstić information content (AvgIpc) is 4.13. The first-order valence-electron chi connectivity index (χ1n) is 26.5. The van der Waals surface area contributed by atoms with E-state index < -0.39 is 0 Å². The third-order valence-corrected chi connectivity index (χ3v) is 15.7. The van der Waals surface area contributed by atoms with E-state index >= 15 is 0 Å². The molecule has 394 valence electrons. The van der Waals surface area contributed by atoms with Crippen LogP contribution in [-0.4, -0.2) is 9.97 Å². The molecule has 2 aromatic heterocycles. The number of allylic oxidation sites excluding steroid dienone is 8. The van der Waals surface area contributed by atoms with Crippen molar-refractivity contribution >= 4 is 79.1 Å². The van der Waals surface area contributed by atoms with Crippen LogP contribution in [0.4, 0.5) is 34.1 Å². The van der Waals surface area contributed by atoms with Gasteiger partial charge in [0.2, 0.25) is 0 Å². The zero-order chi connectivity index (χ0) is 57.8. The van der Waals surface area contributed by atoms with Crippen LogP contribution in [0, 0.1) is 90.6 Å². The molecule has 0 aliphatic carbocycles. The quantitative estimate of drug-likeness (QED) is 0.0372. The van der Waals surface area contributed by atoms with Crippen molar-refractivity contribution in [3.8, 4) is 58.6 Å². The molecule has 82 heavy (non-hydrogen) atoms. The summed E-state index contributed by atoms with van der Waals surface area (Å²) in [7, 11) is 0. The van der Waals surface area contributed by atoms with Gasteiger partial charge in [-0.3, -0.25) is 0 Å². The second-order valence-electron chi connectivity index (χ2n) is 18.5. The minimum Gasteiger partial charge on any atom is -0.311 e. The van der Waals surface area contributed by atoms with Gasteiger partial charge in [0, 0.05) is 56.4 Å². The molecule has 0 saturated heterocycles. The van der Waals surface area contributed by atoms with Gasteiger partial charge in [-0.2, -0.15) is 42.1 Å². The Balaban J connectivity index is 1.31. The van der Waals surface area contributed by atoms with Crippen LogP contribution in [0.25, 0.3) is 32.3 Å². The van der Waals surface area contributed by atoms with E-state index in [0.717, 1.165) is 82.5 Å². The number of hydrogen-bond donors (Lipinski definition) is 0. The second-order valence-corrected chi connectivity index (χ2v) is 20.5. The van der Waals surface area contributed by atoms with Crippen LogP contribution in [-0.2, 0) is 12.8 Å². The predicted octanol–water partition coefficient (Wildman–Crippen LogP) is 17.3. The van der Waals surface area contributed by atoms with E-state index in [9.17, 15) is 42.1 Å². The highest BCUT2D eigenvalue weighted by Gasteiger charge is 2.31. The normalized spacial score (nSPS) is 10.1. The van der Waals surface area contributed by atoms with Crippen molar-refractivity contribution in [2.24, 2.45) is 0 Å². The van der Waals surface area contributed by atoms with Crippen molar-refractivity contribution in [2.45, 2.75) is 65.2 Å². The number of anilines is 6. The molecule has 12 nitrogen and oxygen atoms in total. The molecule has 0 bridgehead atoms. The Morgan fingerprint density at radius 1 is 0.341 bits per heavy atom. The Hall–Kier alpha value is -10.9. The fourth-order valence-electron chi connectivity index (χ4n) is 9.54. The fraction of sp³-hybridized carbons (Fsp3) is 0.147. The molecule has 0 aliphatic heterocycles. The number of para-hydroxylation sites is 4. The van der Waals surface area contributed by atoms with Crippen LogP contribution in [0.15, 0.2) is 192 Å². The van der Waals surface area contributed by atoms with E-state index in [1.165, 1.54) is 0 Å². The van der Waals surface area contributed by atoms with E-state index in [0.29, 0.717) is 68.0 Å². The van der Waals surface area contributed by atoms with Crippen molar-refractivity contribution < 1.29 is 0 Å². The highest BCUT2D eigenvalue weighted by Crippen LogP contribution is 2.48. The van der Waals surface area contributed by atoms with E-state index in [1.54, 1.807) is 24.3 Å². The summed E-state index contributed by atoms with van der Waals surface area (Å²) in [6.07, 6.45) is 5.57. The van der Waals surface area contributed by atoms with E-state index in [2.05, 4.69) is 72.2 Å².